The van der Waals surface area contributed by atoms with Crippen LogP contribution < -0.4 is 10.5 Å². The minimum atomic E-state index is -3.51. The lowest BCUT2D eigenvalue weighted by Crippen LogP contribution is -2.39. The van der Waals surface area contributed by atoms with Gasteiger partial charge in [0, 0.05) is 18.3 Å². The van der Waals surface area contributed by atoms with E-state index in [4.69, 9.17) is 5.73 Å². The van der Waals surface area contributed by atoms with Crippen LogP contribution in [-0.2, 0) is 16.4 Å². The first kappa shape index (κ1) is 15.9. The summed E-state index contributed by atoms with van der Waals surface area (Å²) in [4.78, 5) is 2.15. The summed E-state index contributed by atoms with van der Waals surface area (Å²) in [6, 6.07) is 4.72. The van der Waals surface area contributed by atoms with Gasteiger partial charge in [0.15, 0.2) is 0 Å². The highest BCUT2D eigenvalue weighted by atomic mass is 32.2. The molecule has 0 aromatic heterocycles. The molecule has 0 amide bonds. The fourth-order valence-electron chi connectivity index (χ4n) is 1.98. The Balaban J connectivity index is 2.91. The molecule has 1 aromatic rings. The second kappa shape index (κ2) is 6.36. The SMILES string of the molecule is CCc1ccc(S(=O)(=O)NC(C)CN(C)C)cc1N. The largest absolute Gasteiger partial charge is 0.398 e. The van der Waals surface area contributed by atoms with Gasteiger partial charge < -0.3 is 10.6 Å². The zero-order chi connectivity index (χ0) is 14.6. The van der Waals surface area contributed by atoms with Gasteiger partial charge in [-0.15, -0.1) is 0 Å². The van der Waals surface area contributed by atoms with Gasteiger partial charge in [-0.05, 0) is 45.1 Å². The number of rotatable bonds is 6. The molecule has 0 fully saturated rings. The van der Waals surface area contributed by atoms with E-state index in [1.807, 2.05) is 32.8 Å². The molecule has 0 bridgehead atoms. The number of anilines is 1. The maximum Gasteiger partial charge on any atom is 0.240 e. The van der Waals surface area contributed by atoms with Crippen molar-refractivity contribution in [3.05, 3.63) is 23.8 Å². The van der Waals surface area contributed by atoms with Gasteiger partial charge in [-0.2, -0.15) is 0 Å². The summed E-state index contributed by atoms with van der Waals surface area (Å²) in [5.41, 5.74) is 7.32. The van der Waals surface area contributed by atoms with E-state index < -0.39 is 10.0 Å². The van der Waals surface area contributed by atoms with Crippen molar-refractivity contribution in [2.45, 2.75) is 31.2 Å². The molecule has 0 spiro atoms. The first-order valence-electron chi connectivity index (χ1n) is 6.31. The summed E-state index contributed by atoms with van der Waals surface area (Å²) >= 11 is 0. The van der Waals surface area contributed by atoms with Crippen LogP contribution in [0.3, 0.4) is 0 Å². The lowest BCUT2D eigenvalue weighted by Gasteiger charge is -2.18. The molecular weight excluding hydrogens is 262 g/mol. The zero-order valence-corrected chi connectivity index (χ0v) is 12.8. The van der Waals surface area contributed by atoms with E-state index in [0.29, 0.717) is 12.2 Å². The Labute approximate surface area is 115 Å². The fourth-order valence-corrected chi connectivity index (χ4v) is 3.25. The summed E-state index contributed by atoms with van der Waals surface area (Å²) in [5, 5.41) is 0. The molecule has 108 valence electrons. The van der Waals surface area contributed by atoms with Gasteiger partial charge in [-0.3, -0.25) is 0 Å². The van der Waals surface area contributed by atoms with Crippen molar-refractivity contribution in [2.75, 3.05) is 26.4 Å². The van der Waals surface area contributed by atoms with E-state index in [-0.39, 0.29) is 10.9 Å². The van der Waals surface area contributed by atoms with Crippen LogP contribution in [0.15, 0.2) is 23.1 Å². The summed E-state index contributed by atoms with van der Waals surface area (Å²) in [6.07, 6.45) is 0.788. The molecule has 3 N–H and O–H groups in total. The summed E-state index contributed by atoms with van der Waals surface area (Å²) in [5.74, 6) is 0. The summed E-state index contributed by atoms with van der Waals surface area (Å²) in [6.45, 7) is 4.46. The fraction of sp³-hybridized carbons (Fsp3) is 0.538. The Kier molecular flexibility index (Phi) is 5.34. The quantitative estimate of drug-likeness (QED) is 0.766. The van der Waals surface area contributed by atoms with Gasteiger partial charge in [-0.1, -0.05) is 13.0 Å². The van der Waals surface area contributed by atoms with Crippen molar-refractivity contribution in [3.8, 4) is 0 Å². The molecule has 1 rings (SSSR count). The average molecular weight is 285 g/mol. The predicted octanol–water partition coefficient (Wildman–Crippen LogP) is 1.06. The Morgan fingerprint density at radius 3 is 2.47 bits per heavy atom. The molecular formula is C13H23N3O2S. The van der Waals surface area contributed by atoms with E-state index in [1.54, 1.807) is 12.1 Å². The van der Waals surface area contributed by atoms with Crippen molar-refractivity contribution in [2.24, 2.45) is 0 Å². The minimum Gasteiger partial charge on any atom is -0.398 e. The number of nitrogens with zero attached hydrogens (tertiary/aromatic N) is 1. The third-order valence-electron chi connectivity index (χ3n) is 2.80. The van der Waals surface area contributed by atoms with E-state index in [9.17, 15) is 8.42 Å². The van der Waals surface area contributed by atoms with Crippen molar-refractivity contribution in [1.29, 1.82) is 0 Å². The molecule has 0 radical (unpaired) electrons. The number of nitrogens with two attached hydrogens (primary N) is 1. The first-order valence-corrected chi connectivity index (χ1v) is 7.80. The third-order valence-corrected chi connectivity index (χ3v) is 4.39. The number of nitrogen functional groups attached to an aromatic ring is 1. The summed E-state index contributed by atoms with van der Waals surface area (Å²) < 4.78 is 27.0. The maximum absolute atomic E-state index is 12.2. The van der Waals surface area contributed by atoms with E-state index in [0.717, 1.165) is 12.0 Å². The van der Waals surface area contributed by atoms with Crippen molar-refractivity contribution in [1.82, 2.24) is 9.62 Å². The molecule has 0 aliphatic rings. The zero-order valence-electron chi connectivity index (χ0n) is 12.0. The van der Waals surface area contributed by atoms with Gasteiger partial charge in [0.1, 0.15) is 0 Å². The third kappa shape index (κ3) is 4.49. The lowest BCUT2D eigenvalue weighted by molar-refractivity contribution is 0.370. The highest BCUT2D eigenvalue weighted by Gasteiger charge is 2.18. The highest BCUT2D eigenvalue weighted by Crippen LogP contribution is 2.18. The van der Waals surface area contributed by atoms with Gasteiger partial charge in [0.25, 0.3) is 0 Å². The van der Waals surface area contributed by atoms with E-state index in [2.05, 4.69) is 4.72 Å². The molecule has 19 heavy (non-hydrogen) atoms. The molecule has 5 nitrogen and oxygen atoms in total. The number of sulfonamides is 1. The van der Waals surface area contributed by atoms with Crippen LogP contribution in [0, 0.1) is 0 Å². The predicted molar refractivity (Wildman–Crippen MR) is 78.6 cm³/mol. The molecule has 0 saturated carbocycles. The molecule has 1 unspecified atom stereocenters. The smallest absolute Gasteiger partial charge is 0.240 e. The molecule has 1 aromatic carbocycles. The molecule has 0 saturated heterocycles. The second-order valence-corrected chi connectivity index (χ2v) is 6.71. The monoisotopic (exact) mass is 285 g/mol. The van der Waals surface area contributed by atoms with Crippen LogP contribution in [0.4, 0.5) is 5.69 Å². The summed E-state index contributed by atoms with van der Waals surface area (Å²) in [7, 11) is 0.294. The van der Waals surface area contributed by atoms with Crippen LogP contribution in [0.2, 0.25) is 0 Å². The minimum absolute atomic E-state index is 0.160. The first-order chi connectivity index (χ1) is 8.76. The van der Waals surface area contributed by atoms with Crippen LogP contribution >= 0.6 is 0 Å². The molecule has 0 heterocycles. The van der Waals surface area contributed by atoms with Crippen LogP contribution in [-0.4, -0.2) is 40.0 Å². The topological polar surface area (TPSA) is 75.4 Å². The molecule has 1 atom stereocenters. The van der Waals surface area contributed by atoms with Gasteiger partial charge >= 0.3 is 0 Å². The molecule has 0 aliphatic heterocycles. The maximum atomic E-state index is 12.2. The Hall–Kier alpha value is -1.11. The van der Waals surface area contributed by atoms with E-state index in [1.165, 1.54) is 6.07 Å². The number of hydrogen-bond acceptors (Lipinski definition) is 4. The number of likely N-dealkylation sites (N-methyl/N-ethyl adjacent to an activating group) is 1. The highest BCUT2D eigenvalue weighted by molar-refractivity contribution is 7.89. The number of nitrogens with one attached hydrogen (secondary N) is 1. The van der Waals surface area contributed by atoms with Gasteiger partial charge in [0.05, 0.1) is 4.90 Å². The molecule has 0 aliphatic carbocycles. The van der Waals surface area contributed by atoms with Gasteiger partial charge in [0.2, 0.25) is 10.0 Å². The second-order valence-electron chi connectivity index (χ2n) is 5.00. The van der Waals surface area contributed by atoms with Crippen molar-refractivity contribution < 1.29 is 8.42 Å². The van der Waals surface area contributed by atoms with Crippen molar-refractivity contribution >= 4 is 15.7 Å². The average Bonchev–Trinajstić information content (AvgIpc) is 2.26. The molecule has 6 heteroatoms. The Morgan fingerprint density at radius 2 is 2.00 bits per heavy atom. The lowest BCUT2D eigenvalue weighted by atomic mass is 10.1. The Bertz CT molecular complexity index is 527. The number of benzene rings is 1. The number of aryl methyl sites for hydroxylation is 1. The number of hydrogen-bond donors (Lipinski definition) is 2. The Morgan fingerprint density at radius 1 is 1.37 bits per heavy atom. The van der Waals surface area contributed by atoms with Crippen molar-refractivity contribution in [3.63, 3.8) is 0 Å². The standard InChI is InChI=1S/C13H23N3O2S/c1-5-11-6-7-12(8-13(11)14)19(17,18)15-10(2)9-16(3)4/h6-8,10,15H,5,9,14H2,1-4H3. The van der Waals surface area contributed by atoms with E-state index >= 15 is 0 Å². The van der Waals surface area contributed by atoms with Gasteiger partial charge in [-0.25, -0.2) is 13.1 Å². The van der Waals surface area contributed by atoms with Crippen LogP contribution in [0.5, 0.6) is 0 Å². The van der Waals surface area contributed by atoms with Crippen LogP contribution in [0.25, 0.3) is 0 Å². The normalized spacial score (nSPS) is 13.7. The van der Waals surface area contributed by atoms with Crippen LogP contribution in [0.1, 0.15) is 19.4 Å².